The van der Waals surface area contributed by atoms with Crippen LogP contribution in [-0.2, 0) is 0 Å². The Labute approximate surface area is 160 Å². The maximum Gasteiger partial charge on any atom is 0.270 e. The second-order valence-electron chi connectivity index (χ2n) is 6.05. The molecule has 136 valence electrons. The zero-order valence-corrected chi connectivity index (χ0v) is 16.7. The summed E-state index contributed by atoms with van der Waals surface area (Å²) in [7, 11) is 3.26. The molecular weight excluding hydrogens is 375 g/mol. The van der Waals surface area contributed by atoms with Crippen molar-refractivity contribution in [3.63, 3.8) is 0 Å². The molecule has 7 heteroatoms. The van der Waals surface area contributed by atoms with Gasteiger partial charge >= 0.3 is 0 Å². The molecule has 26 heavy (non-hydrogen) atoms. The number of benzene rings is 1. The molecule has 1 aromatic carbocycles. The van der Waals surface area contributed by atoms with E-state index in [-0.39, 0.29) is 11.7 Å². The minimum Gasteiger partial charge on any atom is -0.495 e. The fourth-order valence-electron chi connectivity index (χ4n) is 2.96. The number of ether oxygens (including phenoxy) is 1. The van der Waals surface area contributed by atoms with Crippen LogP contribution in [0.3, 0.4) is 0 Å². The zero-order valence-electron chi connectivity index (χ0n) is 15.1. The van der Waals surface area contributed by atoms with Gasteiger partial charge < -0.3 is 4.74 Å². The number of amides is 1. The van der Waals surface area contributed by atoms with E-state index < -0.39 is 0 Å². The summed E-state index contributed by atoms with van der Waals surface area (Å²) in [4.78, 5) is 19.4. The van der Waals surface area contributed by atoms with Gasteiger partial charge in [0.1, 0.15) is 22.3 Å². The molecule has 0 radical (unpaired) electrons. The standard InChI is InChI=1S/C19H18ClFN2O2S/c1-9-10(2)18(22-11(3)16(9)25-5)23(4)19(24)17-15(20)13-7-6-12(21)8-14(13)26-17/h6-8H,1-5H3. The molecule has 0 atom stereocenters. The highest BCUT2D eigenvalue weighted by molar-refractivity contribution is 7.21. The number of pyridine rings is 1. The number of hydrogen-bond donors (Lipinski definition) is 0. The molecule has 0 aliphatic heterocycles. The number of rotatable bonds is 3. The summed E-state index contributed by atoms with van der Waals surface area (Å²) in [6, 6.07) is 4.31. The van der Waals surface area contributed by atoms with Gasteiger partial charge in [-0.1, -0.05) is 11.6 Å². The van der Waals surface area contributed by atoms with E-state index in [2.05, 4.69) is 4.98 Å². The predicted octanol–water partition coefficient (Wildman–Crippen LogP) is 5.30. The van der Waals surface area contributed by atoms with Gasteiger partial charge in [-0.25, -0.2) is 9.37 Å². The number of hydrogen-bond acceptors (Lipinski definition) is 4. The summed E-state index contributed by atoms with van der Waals surface area (Å²) in [5, 5.41) is 1.00. The normalized spacial score (nSPS) is 11.0. The summed E-state index contributed by atoms with van der Waals surface area (Å²) in [5.74, 6) is 0.617. The van der Waals surface area contributed by atoms with Crippen molar-refractivity contribution in [2.75, 3.05) is 19.1 Å². The highest BCUT2D eigenvalue weighted by Crippen LogP contribution is 2.37. The van der Waals surface area contributed by atoms with Crippen LogP contribution < -0.4 is 9.64 Å². The maximum atomic E-state index is 13.5. The van der Waals surface area contributed by atoms with Crippen molar-refractivity contribution >= 4 is 44.7 Å². The Balaban J connectivity index is 2.08. The second-order valence-corrected chi connectivity index (χ2v) is 7.48. The van der Waals surface area contributed by atoms with E-state index >= 15 is 0 Å². The van der Waals surface area contributed by atoms with Crippen LogP contribution in [-0.4, -0.2) is 25.0 Å². The van der Waals surface area contributed by atoms with Crippen molar-refractivity contribution in [2.45, 2.75) is 20.8 Å². The van der Waals surface area contributed by atoms with E-state index in [9.17, 15) is 9.18 Å². The van der Waals surface area contributed by atoms with E-state index in [1.165, 1.54) is 28.4 Å². The number of halogens is 2. The molecule has 0 saturated heterocycles. The van der Waals surface area contributed by atoms with Crippen molar-refractivity contribution in [2.24, 2.45) is 0 Å². The van der Waals surface area contributed by atoms with Crippen molar-refractivity contribution in [1.82, 2.24) is 4.98 Å². The fraction of sp³-hybridized carbons (Fsp3) is 0.263. The largest absolute Gasteiger partial charge is 0.495 e. The Hall–Kier alpha value is -2.18. The van der Waals surface area contributed by atoms with Crippen molar-refractivity contribution < 1.29 is 13.9 Å². The summed E-state index contributed by atoms with van der Waals surface area (Å²) in [6.45, 7) is 5.66. The first-order chi connectivity index (χ1) is 12.3. The Morgan fingerprint density at radius 1 is 1.27 bits per heavy atom. The van der Waals surface area contributed by atoms with Crippen LogP contribution in [0.25, 0.3) is 10.1 Å². The van der Waals surface area contributed by atoms with Crippen LogP contribution in [0.5, 0.6) is 5.75 Å². The van der Waals surface area contributed by atoms with Gasteiger partial charge in [0.15, 0.2) is 0 Å². The molecular formula is C19H18ClFN2O2S. The van der Waals surface area contributed by atoms with E-state index in [4.69, 9.17) is 16.3 Å². The van der Waals surface area contributed by atoms with Gasteiger partial charge in [0.05, 0.1) is 17.8 Å². The van der Waals surface area contributed by atoms with E-state index in [0.29, 0.717) is 37.2 Å². The third-order valence-electron chi connectivity index (χ3n) is 4.45. The Bertz CT molecular complexity index is 1030. The third kappa shape index (κ3) is 2.93. The first kappa shape index (κ1) is 18.6. The topological polar surface area (TPSA) is 42.4 Å². The molecule has 4 nitrogen and oxygen atoms in total. The third-order valence-corrected chi connectivity index (χ3v) is 6.10. The van der Waals surface area contributed by atoms with Crippen LogP contribution in [0, 0.1) is 26.6 Å². The van der Waals surface area contributed by atoms with E-state index in [0.717, 1.165) is 11.1 Å². The number of anilines is 1. The molecule has 1 amide bonds. The number of thiophene rings is 1. The number of aryl methyl sites for hydroxylation is 1. The monoisotopic (exact) mass is 392 g/mol. The summed E-state index contributed by atoms with van der Waals surface area (Å²) >= 11 is 7.56. The molecule has 2 aromatic heterocycles. The molecule has 0 spiro atoms. The molecule has 0 unspecified atom stereocenters. The molecule has 3 aromatic rings. The number of carbonyl (C=O) groups excluding carboxylic acids is 1. The number of aromatic nitrogens is 1. The van der Waals surface area contributed by atoms with Gasteiger partial charge in [0.25, 0.3) is 5.91 Å². The van der Waals surface area contributed by atoms with Gasteiger partial charge in [-0.15, -0.1) is 11.3 Å². The Morgan fingerprint density at radius 3 is 2.62 bits per heavy atom. The average Bonchev–Trinajstić information content (AvgIpc) is 2.93. The SMILES string of the molecule is COc1c(C)nc(N(C)C(=O)c2sc3cc(F)ccc3c2Cl)c(C)c1C. The number of nitrogens with zero attached hydrogens (tertiary/aromatic N) is 2. The van der Waals surface area contributed by atoms with Gasteiger partial charge in [-0.05, 0) is 50.1 Å². The zero-order chi connectivity index (χ0) is 19.2. The number of carbonyl (C=O) groups is 1. The van der Waals surface area contributed by atoms with E-state index in [1.54, 1.807) is 20.2 Å². The fourth-order valence-corrected chi connectivity index (χ4v) is 4.47. The van der Waals surface area contributed by atoms with Crippen LogP contribution >= 0.6 is 22.9 Å². The highest BCUT2D eigenvalue weighted by atomic mass is 35.5. The predicted molar refractivity (Wildman–Crippen MR) is 105 cm³/mol. The molecule has 3 rings (SSSR count). The molecule has 2 heterocycles. The minimum atomic E-state index is -0.360. The van der Waals surface area contributed by atoms with Gasteiger partial charge in [-0.3, -0.25) is 9.69 Å². The molecule has 0 N–H and O–H groups in total. The van der Waals surface area contributed by atoms with Gasteiger partial charge in [0, 0.05) is 17.1 Å². The lowest BCUT2D eigenvalue weighted by atomic mass is 10.1. The molecule has 0 aliphatic rings. The Morgan fingerprint density at radius 2 is 1.96 bits per heavy atom. The maximum absolute atomic E-state index is 13.5. The lowest BCUT2D eigenvalue weighted by Crippen LogP contribution is -2.28. The first-order valence-corrected chi connectivity index (χ1v) is 9.13. The quantitative estimate of drug-likeness (QED) is 0.607. The molecule has 0 aliphatic carbocycles. The van der Waals surface area contributed by atoms with Crippen LogP contribution in [0.4, 0.5) is 10.2 Å². The molecule has 0 saturated carbocycles. The summed E-state index contributed by atoms with van der Waals surface area (Å²) < 4.78 is 19.5. The smallest absolute Gasteiger partial charge is 0.270 e. The Kier molecular flexibility index (Phi) is 4.90. The lowest BCUT2D eigenvalue weighted by Gasteiger charge is -2.21. The summed E-state index contributed by atoms with van der Waals surface area (Å²) in [6.07, 6.45) is 0. The van der Waals surface area contributed by atoms with Crippen molar-refractivity contribution in [3.8, 4) is 5.75 Å². The minimum absolute atomic E-state index is 0.281. The molecule has 0 bridgehead atoms. The first-order valence-electron chi connectivity index (χ1n) is 7.93. The van der Waals surface area contributed by atoms with Crippen LogP contribution in [0.15, 0.2) is 18.2 Å². The van der Waals surface area contributed by atoms with Crippen LogP contribution in [0.2, 0.25) is 5.02 Å². The lowest BCUT2D eigenvalue weighted by molar-refractivity contribution is 0.0996. The van der Waals surface area contributed by atoms with Gasteiger partial charge in [-0.2, -0.15) is 0 Å². The number of methoxy groups -OCH3 is 1. The highest BCUT2D eigenvalue weighted by Gasteiger charge is 2.25. The van der Waals surface area contributed by atoms with Gasteiger partial charge in [0.2, 0.25) is 0 Å². The van der Waals surface area contributed by atoms with Crippen molar-refractivity contribution in [1.29, 1.82) is 0 Å². The van der Waals surface area contributed by atoms with E-state index in [1.807, 2.05) is 20.8 Å². The second kappa shape index (κ2) is 6.85. The summed E-state index contributed by atoms with van der Waals surface area (Å²) in [5.41, 5.74) is 2.49. The van der Waals surface area contributed by atoms with Crippen molar-refractivity contribution in [3.05, 3.63) is 50.7 Å². The molecule has 0 fully saturated rings. The average molecular weight is 393 g/mol. The number of fused-ring (bicyclic) bond motifs is 1. The van der Waals surface area contributed by atoms with Crippen LogP contribution in [0.1, 0.15) is 26.5 Å².